The molecule has 0 bridgehead atoms. The molecule has 0 aliphatic heterocycles. The Labute approximate surface area is 80.4 Å². The zero-order chi connectivity index (χ0) is 6.62. The van der Waals surface area contributed by atoms with Gasteiger partial charge in [0.25, 0.3) is 0 Å². The number of rotatable bonds is 3. The third-order valence-electron chi connectivity index (χ3n) is 0.594. The normalized spacial score (nSPS) is 12.0. The van der Waals surface area contributed by atoms with Crippen molar-refractivity contribution in [3.05, 3.63) is 0 Å². The first-order chi connectivity index (χ1) is 3.56. The molecule has 0 aromatic heterocycles. The van der Waals surface area contributed by atoms with E-state index in [1.807, 2.05) is 0 Å². The van der Waals surface area contributed by atoms with E-state index in [2.05, 4.69) is 54.0 Å². The van der Waals surface area contributed by atoms with Crippen molar-refractivity contribution in [1.29, 1.82) is 0 Å². The molecule has 0 aliphatic rings. The van der Waals surface area contributed by atoms with E-state index >= 15 is 0 Å². The van der Waals surface area contributed by atoms with Crippen molar-refractivity contribution in [2.75, 3.05) is 5.33 Å². The Morgan fingerprint density at radius 3 is 1.75 bits per heavy atom. The first-order valence-corrected chi connectivity index (χ1v) is 24.5. The van der Waals surface area contributed by atoms with Gasteiger partial charge in [-0.25, -0.2) is 0 Å². The van der Waals surface area contributed by atoms with Crippen LogP contribution in [0.25, 0.3) is 0 Å². The van der Waals surface area contributed by atoms with Gasteiger partial charge >= 0.3 is 81.9 Å². The van der Waals surface area contributed by atoms with Crippen molar-refractivity contribution in [3.8, 4) is 0 Å². The summed E-state index contributed by atoms with van der Waals surface area (Å²) < 4.78 is 1.28. The molecule has 0 heterocycles. The van der Waals surface area contributed by atoms with E-state index in [9.17, 15) is 0 Å². The average Bonchev–Trinajstić information content (AvgIpc) is 1.59. The molecule has 0 fully saturated rings. The van der Waals surface area contributed by atoms with Crippen molar-refractivity contribution in [2.24, 2.45) is 0 Å². The predicted octanol–water partition coefficient (Wildman–Crippen LogP) is 3.90. The first-order valence-electron chi connectivity index (χ1n) is 2.19. The van der Waals surface area contributed by atoms with Gasteiger partial charge in [0.15, 0.2) is 0 Å². The standard InChI is InChI=1S/C3H6Br.3BrH.Sn/c1-2-3-4;;;;/h1-3H2;3*1H;/q;;;;+3/p-3. The molecule has 0 atom stereocenters. The average molecular weight is 480 g/mol. The molecular formula is C3H6Br4Sn. The van der Waals surface area contributed by atoms with Gasteiger partial charge in [0, 0.05) is 0 Å². The van der Waals surface area contributed by atoms with E-state index in [0.29, 0.717) is 0 Å². The molecule has 0 rings (SSSR count). The molecule has 50 valence electrons. The summed E-state index contributed by atoms with van der Waals surface area (Å²) in [5.41, 5.74) is 0. The molecule has 0 spiro atoms. The van der Waals surface area contributed by atoms with E-state index in [1.165, 1.54) is 10.9 Å². The Morgan fingerprint density at radius 2 is 1.62 bits per heavy atom. The van der Waals surface area contributed by atoms with Gasteiger partial charge in [0.1, 0.15) is 0 Å². The SMILES string of the molecule is BrCC[CH2][Sn]([Br])([Br])[Br]. The Balaban J connectivity index is 3.11. The predicted molar refractivity (Wildman–Crippen MR) is 55.8 cm³/mol. The van der Waals surface area contributed by atoms with Crippen molar-refractivity contribution in [2.45, 2.75) is 10.9 Å². The van der Waals surface area contributed by atoms with Crippen LogP contribution in [0, 0.1) is 0 Å². The minimum atomic E-state index is -1.90. The van der Waals surface area contributed by atoms with E-state index in [0.717, 1.165) is 5.33 Å². The van der Waals surface area contributed by atoms with Gasteiger partial charge in [-0.15, -0.1) is 0 Å². The molecule has 0 aromatic rings. The van der Waals surface area contributed by atoms with Crippen molar-refractivity contribution in [1.82, 2.24) is 0 Å². The fourth-order valence-electron chi connectivity index (χ4n) is 0.267. The quantitative estimate of drug-likeness (QED) is 0.425. The summed E-state index contributed by atoms with van der Waals surface area (Å²) in [5, 5.41) is 1.11. The minimum absolute atomic E-state index is 1.11. The Kier molecular flexibility index (Phi) is 7.21. The van der Waals surface area contributed by atoms with Crippen LogP contribution in [0.2, 0.25) is 4.44 Å². The molecule has 0 aliphatic carbocycles. The van der Waals surface area contributed by atoms with Gasteiger partial charge in [0.05, 0.1) is 0 Å². The first kappa shape index (κ1) is 10.7. The molecule has 0 saturated carbocycles. The molecule has 0 amide bonds. The second-order valence-electron chi connectivity index (χ2n) is 1.41. The number of hydrogen-bond acceptors (Lipinski definition) is 0. The summed E-state index contributed by atoms with van der Waals surface area (Å²) in [6.45, 7) is 0. The second kappa shape index (κ2) is 5.38. The molecule has 8 heavy (non-hydrogen) atoms. The zero-order valence-corrected chi connectivity index (χ0v) is 13.3. The maximum absolute atomic E-state index is 3.60. The molecule has 0 nitrogen and oxygen atoms in total. The number of hydrogen-bond donors (Lipinski definition) is 0. The van der Waals surface area contributed by atoms with Gasteiger partial charge in [-0.3, -0.25) is 0 Å². The van der Waals surface area contributed by atoms with Crippen LogP contribution in [0.1, 0.15) is 6.42 Å². The van der Waals surface area contributed by atoms with Crippen LogP contribution in [-0.4, -0.2) is 17.0 Å². The van der Waals surface area contributed by atoms with Gasteiger partial charge in [-0.2, -0.15) is 0 Å². The summed E-state index contributed by atoms with van der Waals surface area (Å²) in [6, 6.07) is 0. The number of alkyl halides is 1. The van der Waals surface area contributed by atoms with Crippen LogP contribution >= 0.6 is 54.0 Å². The summed E-state index contributed by atoms with van der Waals surface area (Å²) in [5.74, 6) is 0. The Morgan fingerprint density at radius 1 is 1.12 bits per heavy atom. The summed E-state index contributed by atoms with van der Waals surface area (Å²) in [7, 11) is 0. The third-order valence-corrected chi connectivity index (χ3v) is 11.8. The number of halogens is 4. The van der Waals surface area contributed by atoms with E-state index in [-0.39, 0.29) is 0 Å². The van der Waals surface area contributed by atoms with Crippen LogP contribution in [0.15, 0.2) is 0 Å². The fourth-order valence-corrected chi connectivity index (χ4v) is 9.32. The fraction of sp³-hybridized carbons (Fsp3) is 1.00. The Hall–Kier alpha value is 2.72. The molecule has 0 saturated heterocycles. The van der Waals surface area contributed by atoms with Crippen molar-refractivity contribution < 1.29 is 0 Å². The van der Waals surface area contributed by atoms with Crippen molar-refractivity contribution >= 4 is 65.8 Å². The van der Waals surface area contributed by atoms with Crippen LogP contribution in [0.5, 0.6) is 0 Å². The summed E-state index contributed by atoms with van der Waals surface area (Å²) >= 11 is 12.3. The maximum atomic E-state index is 3.60. The Bertz CT molecular complexity index is 58.8. The van der Waals surface area contributed by atoms with Crippen LogP contribution in [0.3, 0.4) is 0 Å². The van der Waals surface area contributed by atoms with Crippen LogP contribution in [0.4, 0.5) is 0 Å². The zero-order valence-electron chi connectivity index (χ0n) is 4.13. The molecule has 0 aromatic carbocycles. The van der Waals surface area contributed by atoms with Gasteiger partial charge in [-0.05, 0) is 0 Å². The molecule has 0 N–H and O–H groups in total. The van der Waals surface area contributed by atoms with E-state index in [1.54, 1.807) is 0 Å². The molecule has 5 heteroatoms. The third kappa shape index (κ3) is 8.72. The van der Waals surface area contributed by atoms with Crippen LogP contribution < -0.4 is 0 Å². The molecular weight excluding hydrogens is 474 g/mol. The van der Waals surface area contributed by atoms with Crippen molar-refractivity contribution in [3.63, 3.8) is 0 Å². The second-order valence-corrected chi connectivity index (χ2v) is 55.8. The van der Waals surface area contributed by atoms with Gasteiger partial charge < -0.3 is 0 Å². The summed E-state index contributed by atoms with van der Waals surface area (Å²) in [6.07, 6.45) is 1.25. The van der Waals surface area contributed by atoms with Gasteiger partial charge in [0.2, 0.25) is 0 Å². The molecule has 0 radical (unpaired) electrons. The molecule has 0 unspecified atom stereocenters. The van der Waals surface area contributed by atoms with Gasteiger partial charge in [-0.1, -0.05) is 0 Å². The van der Waals surface area contributed by atoms with E-state index < -0.39 is 11.7 Å². The summed E-state index contributed by atoms with van der Waals surface area (Å²) in [4.78, 5) is 0. The van der Waals surface area contributed by atoms with E-state index in [4.69, 9.17) is 0 Å². The van der Waals surface area contributed by atoms with Crippen LogP contribution in [-0.2, 0) is 0 Å². The monoisotopic (exact) mass is 478 g/mol. The topological polar surface area (TPSA) is 0 Å².